The number of carbonyl (C=O) groups excluding carboxylic acids is 2. The average molecular weight is 380 g/mol. The van der Waals surface area contributed by atoms with E-state index in [-0.39, 0.29) is 12.4 Å². The number of hydrogen-bond donors (Lipinski definition) is 0. The van der Waals surface area contributed by atoms with Crippen molar-refractivity contribution in [2.45, 2.75) is 13.0 Å². The molecule has 3 heteroatoms. The van der Waals surface area contributed by atoms with Crippen molar-refractivity contribution < 1.29 is 14.3 Å². The number of allylic oxidation sites excluding steroid dienone is 1. The van der Waals surface area contributed by atoms with E-state index in [1.807, 2.05) is 60.7 Å². The number of ketones is 1. The van der Waals surface area contributed by atoms with Gasteiger partial charge >= 0.3 is 5.97 Å². The van der Waals surface area contributed by atoms with E-state index in [0.29, 0.717) is 6.42 Å². The lowest BCUT2D eigenvalue weighted by Gasteiger charge is -2.05. The van der Waals surface area contributed by atoms with Crippen LogP contribution in [0.4, 0.5) is 0 Å². The van der Waals surface area contributed by atoms with Gasteiger partial charge in [-0.1, -0.05) is 55.3 Å². The van der Waals surface area contributed by atoms with Gasteiger partial charge in [-0.2, -0.15) is 0 Å². The van der Waals surface area contributed by atoms with E-state index in [0.717, 1.165) is 39.1 Å². The Kier molecular flexibility index (Phi) is 6.40. The Bertz CT molecular complexity index is 1140. The van der Waals surface area contributed by atoms with E-state index in [9.17, 15) is 9.59 Å². The summed E-state index contributed by atoms with van der Waals surface area (Å²) in [6.45, 7) is 7.09. The van der Waals surface area contributed by atoms with E-state index in [1.54, 1.807) is 0 Å². The van der Waals surface area contributed by atoms with Crippen molar-refractivity contribution in [1.29, 1.82) is 0 Å². The summed E-state index contributed by atoms with van der Waals surface area (Å²) in [5.41, 5.74) is 3.66. The quantitative estimate of drug-likeness (QED) is 0.352. The molecule has 0 unspecified atom stereocenters. The monoisotopic (exact) mass is 380 g/mol. The average Bonchev–Trinajstić information content (AvgIpc) is 2.76. The molecule has 0 spiro atoms. The molecule has 0 N–H and O–H groups in total. The fourth-order valence-corrected chi connectivity index (χ4v) is 2.80. The lowest BCUT2D eigenvalue weighted by atomic mass is 10.0. The molecule has 0 saturated carbocycles. The lowest BCUT2D eigenvalue weighted by molar-refractivity contribution is -0.139. The molecule has 0 amide bonds. The van der Waals surface area contributed by atoms with Crippen molar-refractivity contribution in [1.82, 2.24) is 0 Å². The van der Waals surface area contributed by atoms with Crippen LogP contribution in [0.2, 0.25) is 0 Å². The highest BCUT2D eigenvalue weighted by atomic mass is 16.5. The fraction of sp³-hybridized carbons (Fsp3) is 0.0769. The third kappa shape index (κ3) is 5.54. The van der Waals surface area contributed by atoms with Crippen LogP contribution in [-0.4, -0.2) is 11.8 Å². The number of hydrogen-bond acceptors (Lipinski definition) is 3. The number of carbonyl (C=O) groups is 2. The summed E-state index contributed by atoms with van der Waals surface area (Å²) in [7, 11) is 0. The molecule has 0 heterocycles. The molecule has 0 aliphatic rings. The maximum atomic E-state index is 11.4. The number of fused-ring (bicyclic) bond motifs is 1. The first-order valence-corrected chi connectivity index (χ1v) is 9.15. The highest BCUT2D eigenvalue weighted by molar-refractivity contribution is 5.90. The zero-order chi connectivity index (χ0) is 20.6. The molecule has 3 aromatic rings. The molecule has 3 aromatic carbocycles. The van der Waals surface area contributed by atoms with Gasteiger partial charge in [-0.05, 0) is 58.3 Å². The van der Waals surface area contributed by atoms with Crippen LogP contribution in [0, 0.1) is 11.8 Å². The fourth-order valence-electron chi connectivity index (χ4n) is 2.80. The van der Waals surface area contributed by atoms with E-state index in [2.05, 4.69) is 25.0 Å². The number of ether oxygens (including phenoxy) is 1. The van der Waals surface area contributed by atoms with Gasteiger partial charge < -0.3 is 4.74 Å². The highest BCUT2D eigenvalue weighted by Crippen LogP contribution is 2.18. The van der Waals surface area contributed by atoms with Gasteiger partial charge in [0.2, 0.25) is 0 Å². The maximum absolute atomic E-state index is 11.4. The molecule has 3 rings (SSSR count). The second kappa shape index (κ2) is 9.34. The first-order chi connectivity index (χ1) is 14.1. The van der Waals surface area contributed by atoms with Crippen LogP contribution in [0.15, 0.2) is 86.0 Å². The summed E-state index contributed by atoms with van der Waals surface area (Å²) in [6, 6.07) is 19.5. The molecule has 0 bridgehead atoms. The first kappa shape index (κ1) is 19.9. The topological polar surface area (TPSA) is 43.4 Å². The number of esters is 1. The first-order valence-electron chi connectivity index (χ1n) is 9.15. The second-order valence-corrected chi connectivity index (χ2v) is 6.50. The zero-order valence-corrected chi connectivity index (χ0v) is 16.0. The van der Waals surface area contributed by atoms with Gasteiger partial charge in [0.15, 0.2) is 5.78 Å². The molecule has 0 radical (unpaired) electrons. The minimum atomic E-state index is -0.434. The summed E-state index contributed by atoms with van der Waals surface area (Å²) in [5.74, 6) is 5.89. The molecule has 0 aliphatic carbocycles. The molecule has 3 nitrogen and oxygen atoms in total. The summed E-state index contributed by atoms with van der Waals surface area (Å²) < 4.78 is 5.07. The molecule has 29 heavy (non-hydrogen) atoms. The van der Waals surface area contributed by atoms with Crippen molar-refractivity contribution in [3.63, 3.8) is 0 Å². The van der Waals surface area contributed by atoms with Gasteiger partial charge in [0.25, 0.3) is 0 Å². The largest absolute Gasteiger partial charge is 0.458 e. The summed E-state index contributed by atoms with van der Waals surface area (Å²) in [4.78, 5) is 22.6. The van der Waals surface area contributed by atoms with Gasteiger partial charge in [0.05, 0.1) is 0 Å². The molecule has 0 saturated heterocycles. The van der Waals surface area contributed by atoms with Gasteiger partial charge in [0, 0.05) is 23.6 Å². The molecule has 0 atom stereocenters. The van der Waals surface area contributed by atoms with Crippen molar-refractivity contribution in [2.75, 3.05) is 0 Å². The Hall–Kier alpha value is -3.90. The van der Waals surface area contributed by atoms with Crippen LogP contribution in [0.1, 0.15) is 22.3 Å². The molecule has 0 aliphatic heterocycles. The van der Waals surface area contributed by atoms with Gasteiger partial charge in [-0.3, -0.25) is 4.79 Å². The van der Waals surface area contributed by atoms with E-state index >= 15 is 0 Å². The molecule has 0 aromatic heterocycles. The van der Waals surface area contributed by atoms with E-state index in [1.165, 1.54) is 6.08 Å². The van der Waals surface area contributed by atoms with Crippen molar-refractivity contribution in [2.24, 2.45) is 0 Å². The summed E-state index contributed by atoms with van der Waals surface area (Å²) in [5, 5.41) is 2.12. The smallest absolute Gasteiger partial charge is 0.330 e. The standard InChI is InChI=1S/C26H20O3/c1-3-25(27)17-21-9-6-19(7-10-21)5-8-20-11-13-24-16-22(12-14-23(24)15-20)18-29-26(28)4-2/h3-4,6-7,9-16H,1-2,17-18H2. The number of benzene rings is 3. The third-order valence-corrected chi connectivity index (χ3v) is 4.36. The third-order valence-electron chi connectivity index (χ3n) is 4.36. The van der Waals surface area contributed by atoms with Gasteiger partial charge in [-0.25, -0.2) is 4.79 Å². The predicted molar refractivity (Wildman–Crippen MR) is 115 cm³/mol. The SMILES string of the molecule is C=CC(=O)Cc1ccc(C#Cc2ccc3cc(COC(=O)C=C)ccc3c2)cc1. The Balaban J connectivity index is 1.72. The Morgan fingerprint density at radius 1 is 0.793 bits per heavy atom. The summed E-state index contributed by atoms with van der Waals surface area (Å²) in [6.07, 6.45) is 2.85. The Morgan fingerprint density at radius 3 is 2.14 bits per heavy atom. The van der Waals surface area contributed by atoms with Crippen LogP contribution in [-0.2, 0) is 27.4 Å². The normalized spacial score (nSPS) is 9.93. The van der Waals surface area contributed by atoms with Crippen LogP contribution in [0.25, 0.3) is 10.8 Å². The Labute approximate surface area is 170 Å². The van der Waals surface area contributed by atoms with E-state index in [4.69, 9.17) is 4.74 Å². The number of rotatable bonds is 6. The van der Waals surface area contributed by atoms with Crippen molar-refractivity contribution in [3.8, 4) is 11.8 Å². The molecular weight excluding hydrogens is 360 g/mol. The van der Waals surface area contributed by atoms with Crippen molar-refractivity contribution in [3.05, 3.63) is 108 Å². The molecule has 0 fully saturated rings. The van der Waals surface area contributed by atoms with Crippen molar-refractivity contribution >= 4 is 22.5 Å². The van der Waals surface area contributed by atoms with Crippen LogP contribution in [0.3, 0.4) is 0 Å². The molecule has 142 valence electrons. The highest BCUT2D eigenvalue weighted by Gasteiger charge is 2.01. The van der Waals surface area contributed by atoms with Crippen LogP contribution in [0.5, 0.6) is 0 Å². The zero-order valence-electron chi connectivity index (χ0n) is 16.0. The van der Waals surface area contributed by atoms with Gasteiger partial charge in [0.1, 0.15) is 6.61 Å². The van der Waals surface area contributed by atoms with Crippen LogP contribution < -0.4 is 0 Å². The summed E-state index contributed by atoms with van der Waals surface area (Å²) >= 11 is 0. The molecular formula is C26H20O3. The minimum absolute atomic E-state index is 0.00187. The van der Waals surface area contributed by atoms with Gasteiger partial charge in [-0.15, -0.1) is 0 Å². The lowest BCUT2D eigenvalue weighted by Crippen LogP contribution is -1.99. The minimum Gasteiger partial charge on any atom is -0.458 e. The predicted octanol–water partition coefficient (Wildman–Crippen LogP) is 4.77. The van der Waals surface area contributed by atoms with E-state index < -0.39 is 5.97 Å². The Morgan fingerprint density at radius 2 is 1.41 bits per heavy atom. The maximum Gasteiger partial charge on any atom is 0.330 e. The van der Waals surface area contributed by atoms with Crippen LogP contribution >= 0.6 is 0 Å². The second-order valence-electron chi connectivity index (χ2n) is 6.50.